The molecule has 3 aromatic rings. The van der Waals surface area contributed by atoms with Crippen LogP contribution in [-0.4, -0.2) is 57.4 Å². The van der Waals surface area contributed by atoms with Gasteiger partial charge >= 0.3 is 12.0 Å². The van der Waals surface area contributed by atoms with Gasteiger partial charge in [-0.15, -0.1) is 0 Å². The number of amides is 1. The van der Waals surface area contributed by atoms with Crippen LogP contribution in [0.4, 0.5) is 0 Å². The molecule has 0 aliphatic carbocycles. The number of aromatic nitrogens is 2. The molecule has 10 heteroatoms. The lowest BCUT2D eigenvalue weighted by Crippen LogP contribution is -2.39. The summed E-state index contributed by atoms with van der Waals surface area (Å²) in [7, 11) is 0. The Bertz CT molecular complexity index is 1400. The van der Waals surface area contributed by atoms with Gasteiger partial charge in [0.2, 0.25) is 0 Å². The van der Waals surface area contributed by atoms with Crippen LogP contribution in [0.1, 0.15) is 47.0 Å². The minimum atomic E-state index is -0.963. The molecule has 1 aliphatic rings. The molecule has 0 spiro atoms. The number of hydrogen-bond donors (Lipinski definition) is 3. The first-order valence-corrected chi connectivity index (χ1v) is 13.4. The number of carboxylic acids is 1. The minimum Gasteiger partial charge on any atom is -0.493 e. The van der Waals surface area contributed by atoms with Crippen molar-refractivity contribution in [3.8, 4) is 17.5 Å². The Hall–Kier alpha value is -4.99. The number of aromatic carboxylic acids is 1. The van der Waals surface area contributed by atoms with Gasteiger partial charge in [0.05, 0.1) is 18.0 Å². The van der Waals surface area contributed by atoms with Crippen LogP contribution in [0.5, 0.6) is 17.5 Å². The van der Waals surface area contributed by atoms with Gasteiger partial charge in [0.25, 0.3) is 5.91 Å². The van der Waals surface area contributed by atoms with Crippen molar-refractivity contribution >= 4 is 17.7 Å². The SMILES string of the molecule is CC=C/C(=C\CC(=N)N1CCC(COc2ccc(C(=O)O)cc2)CC1)NC(=O)c1ccnc(Oc2ccccc2)n1. The van der Waals surface area contributed by atoms with Crippen LogP contribution >= 0.6 is 0 Å². The van der Waals surface area contributed by atoms with E-state index < -0.39 is 11.9 Å². The first kappa shape index (κ1) is 29.0. The van der Waals surface area contributed by atoms with Crippen molar-refractivity contribution in [3.63, 3.8) is 0 Å². The quantitative estimate of drug-likeness (QED) is 0.164. The van der Waals surface area contributed by atoms with E-state index >= 15 is 0 Å². The van der Waals surface area contributed by atoms with Gasteiger partial charge < -0.3 is 24.8 Å². The Balaban J connectivity index is 1.25. The van der Waals surface area contributed by atoms with E-state index in [4.69, 9.17) is 20.0 Å². The van der Waals surface area contributed by atoms with E-state index in [2.05, 4.69) is 15.3 Å². The smallest absolute Gasteiger partial charge is 0.335 e. The molecule has 1 saturated heterocycles. The molecule has 3 N–H and O–H groups in total. The first-order chi connectivity index (χ1) is 19.9. The van der Waals surface area contributed by atoms with E-state index in [0.717, 1.165) is 25.9 Å². The Labute approximate surface area is 238 Å². The third-order valence-corrected chi connectivity index (χ3v) is 6.52. The molecule has 1 amide bonds. The van der Waals surface area contributed by atoms with Gasteiger partial charge in [-0.25, -0.2) is 9.78 Å². The minimum absolute atomic E-state index is 0.0760. The molecule has 41 heavy (non-hydrogen) atoms. The van der Waals surface area contributed by atoms with E-state index in [-0.39, 0.29) is 17.3 Å². The summed E-state index contributed by atoms with van der Waals surface area (Å²) in [6.45, 7) is 3.89. The molecule has 2 aromatic carbocycles. The average molecular weight is 556 g/mol. The fourth-order valence-corrected chi connectivity index (χ4v) is 4.26. The number of carboxylic acid groups (broad SMARTS) is 1. The average Bonchev–Trinajstić information content (AvgIpc) is 3.00. The number of carbonyl (C=O) groups excluding carboxylic acids is 1. The lowest BCUT2D eigenvalue weighted by Gasteiger charge is -2.33. The fourth-order valence-electron chi connectivity index (χ4n) is 4.26. The van der Waals surface area contributed by atoms with E-state index in [0.29, 0.717) is 42.0 Å². The number of para-hydroxylation sites is 1. The molecule has 0 saturated carbocycles. The Kier molecular flexibility index (Phi) is 10.2. The summed E-state index contributed by atoms with van der Waals surface area (Å²) in [6.07, 6.45) is 9.03. The standard InChI is InChI=1S/C31H33N5O5/c1-2-6-24(34-29(37)27-15-18-33-31(35-27)41-26-7-4-3-5-8-26)11-14-28(32)36-19-16-22(17-20-36)21-40-25-12-9-23(10-13-25)30(38)39/h2-13,15,18,22,32H,14,16-17,19-21H2,1H3,(H,34,37)(H,38,39)/b6-2?,24-11+,32-28?. The zero-order chi connectivity index (χ0) is 29.0. The van der Waals surface area contributed by atoms with Gasteiger partial charge in [0.1, 0.15) is 17.2 Å². The van der Waals surface area contributed by atoms with Crippen molar-refractivity contribution in [2.45, 2.75) is 26.2 Å². The van der Waals surface area contributed by atoms with Crippen molar-refractivity contribution < 1.29 is 24.2 Å². The van der Waals surface area contributed by atoms with Gasteiger partial charge in [0.15, 0.2) is 0 Å². The van der Waals surface area contributed by atoms with Gasteiger partial charge in [-0.3, -0.25) is 10.2 Å². The lowest BCUT2D eigenvalue weighted by atomic mass is 9.97. The number of ether oxygens (including phenoxy) is 2. The van der Waals surface area contributed by atoms with Crippen LogP contribution in [0.25, 0.3) is 0 Å². The summed E-state index contributed by atoms with van der Waals surface area (Å²) in [5.74, 6) is 0.688. The normalized spacial score (nSPS) is 14.1. The van der Waals surface area contributed by atoms with Crippen LogP contribution in [0, 0.1) is 11.3 Å². The number of hydrogen-bond acceptors (Lipinski definition) is 7. The molecule has 0 atom stereocenters. The highest BCUT2D eigenvalue weighted by atomic mass is 16.5. The number of rotatable bonds is 11. The van der Waals surface area contributed by atoms with E-state index in [1.807, 2.05) is 42.2 Å². The predicted octanol–water partition coefficient (Wildman–Crippen LogP) is 5.32. The van der Waals surface area contributed by atoms with Crippen LogP contribution in [0.15, 0.2) is 90.8 Å². The third-order valence-electron chi connectivity index (χ3n) is 6.52. The first-order valence-electron chi connectivity index (χ1n) is 13.4. The Morgan fingerprint density at radius 2 is 1.80 bits per heavy atom. The van der Waals surface area contributed by atoms with Crippen molar-refractivity contribution in [2.24, 2.45) is 5.92 Å². The van der Waals surface area contributed by atoms with Gasteiger partial charge in [-0.05, 0) is 74.2 Å². The molecule has 1 aliphatic heterocycles. The summed E-state index contributed by atoms with van der Waals surface area (Å²) < 4.78 is 11.5. The summed E-state index contributed by atoms with van der Waals surface area (Å²) >= 11 is 0. The maximum Gasteiger partial charge on any atom is 0.335 e. The molecule has 212 valence electrons. The summed E-state index contributed by atoms with van der Waals surface area (Å²) in [5, 5.41) is 20.4. The van der Waals surface area contributed by atoms with Crippen molar-refractivity contribution in [2.75, 3.05) is 19.7 Å². The van der Waals surface area contributed by atoms with Crippen LogP contribution in [0.3, 0.4) is 0 Å². The van der Waals surface area contributed by atoms with E-state index in [1.165, 1.54) is 24.4 Å². The second-order valence-corrected chi connectivity index (χ2v) is 9.47. The predicted molar refractivity (Wildman–Crippen MR) is 154 cm³/mol. The number of nitrogens with one attached hydrogen (secondary N) is 2. The monoisotopic (exact) mass is 555 g/mol. The number of carbonyl (C=O) groups is 2. The summed E-state index contributed by atoms with van der Waals surface area (Å²) in [4.78, 5) is 34.2. The molecule has 1 fully saturated rings. The molecule has 0 radical (unpaired) electrons. The number of amidine groups is 1. The van der Waals surface area contributed by atoms with Crippen molar-refractivity contribution in [1.82, 2.24) is 20.2 Å². The highest BCUT2D eigenvalue weighted by Crippen LogP contribution is 2.21. The van der Waals surface area contributed by atoms with Crippen LogP contribution in [-0.2, 0) is 0 Å². The van der Waals surface area contributed by atoms with Gasteiger partial charge in [0, 0.05) is 31.4 Å². The van der Waals surface area contributed by atoms with Crippen LogP contribution < -0.4 is 14.8 Å². The lowest BCUT2D eigenvalue weighted by molar-refractivity contribution is 0.0696. The third kappa shape index (κ3) is 8.76. The highest BCUT2D eigenvalue weighted by molar-refractivity contribution is 5.94. The summed E-state index contributed by atoms with van der Waals surface area (Å²) in [6, 6.07) is 17.1. The van der Waals surface area contributed by atoms with E-state index in [1.54, 1.807) is 30.3 Å². The number of nitrogens with zero attached hydrogens (tertiary/aromatic N) is 3. The number of benzene rings is 2. The Morgan fingerprint density at radius 1 is 1.07 bits per heavy atom. The molecule has 10 nitrogen and oxygen atoms in total. The molecule has 2 heterocycles. The Morgan fingerprint density at radius 3 is 2.49 bits per heavy atom. The van der Waals surface area contributed by atoms with Crippen molar-refractivity contribution in [1.29, 1.82) is 5.41 Å². The molecular weight excluding hydrogens is 522 g/mol. The maximum absolute atomic E-state index is 12.9. The molecule has 0 unspecified atom stereocenters. The zero-order valence-electron chi connectivity index (χ0n) is 22.8. The molecule has 0 bridgehead atoms. The van der Waals surface area contributed by atoms with E-state index in [9.17, 15) is 9.59 Å². The number of allylic oxidation sites excluding steroid dienone is 2. The topological polar surface area (TPSA) is 138 Å². The summed E-state index contributed by atoms with van der Waals surface area (Å²) in [5.41, 5.74) is 0.967. The van der Waals surface area contributed by atoms with Gasteiger partial charge in [-0.1, -0.05) is 30.4 Å². The zero-order valence-corrected chi connectivity index (χ0v) is 22.8. The number of likely N-dealkylation sites (tertiary alicyclic amines) is 1. The fraction of sp³-hybridized carbons (Fsp3) is 0.258. The maximum atomic E-state index is 12.9. The molecular formula is C31H33N5O5. The number of piperidine rings is 1. The molecule has 4 rings (SSSR count). The highest BCUT2D eigenvalue weighted by Gasteiger charge is 2.21. The second kappa shape index (κ2) is 14.4. The van der Waals surface area contributed by atoms with Crippen LogP contribution in [0.2, 0.25) is 0 Å². The molecule has 1 aromatic heterocycles. The largest absolute Gasteiger partial charge is 0.493 e. The van der Waals surface area contributed by atoms with Crippen molar-refractivity contribution in [3.05, 3.63) is 102 Å². The van der Waals surface area contributed by atoms with Gasteiger partial charge in [-0.2, -0.15) is 4.98 Å². The second-order valence-electron chi connectivity index (χ2n) is 9.47.